The molecule has 0 unspecified atom stereocenters. The second-order valence-electron chi connectivity index (χ2n) is 4.98. The van der Waals surface area contributed by atoms with Crippen LogP contribution in [0.3, 0.4) is 0 Å². The molecule has 2 aromatic heterocycles. The zero-order valence-electron chi connectivity index (χ0n) is 12.0. The minimum absolute atomic E-state index is 0.0497. The zero-order valence-corrected chi connectivity index (χ0v) is 12.8. The van der Waals surface area contributed by atoms with Crippen LogP contribution in [0.1, 0.15) is 29.3 Å². The number of rotatable bonds is 2. The van der Waals surface area contributed by atoms with Crippen LogP contribution in [0.4, 0.5) is 8.78 Å². The molecule has 0 spiro atoms. The molecular weight excluding hydrogens is 300 g/mol. The number of alkyl halides is 2. The largest absolute Gasteiger partial charge is 0.276 e. The summed E-state index contributed by atoms with van der Waals surface area (Å²) in [6, 6.07) is 1.66. The first-order valence-corrected chi connectivity index (χ1v) is 6.62. The van der Waals surface area contributed by atoms with E-state index >= 15 is 0 Å². The van der Waals surface area contributed by atoms with Crippen LogP contribution in [0.25, 0.3) is 5.82 Å². The van der Waals surface area contributed by atoms with E-state index in [1.54, 1.807) is 19.9 Å². The van der Waals surface area contributed by atoms with Crippen LogP contribution < -0.4 is 5.56 Å². The van der Waals surface area contributed by atoms with Gasteiger partial charge in [-0.25, -0.2) is 13.8 Å². The fourth-order valence-electron chi connectivity index (χ4n) is 2.01. The van der Waals surface area contributed by atoms with Gasteiger partial charge in [-0.2, -0.15) is 9.78 Å². The Kier molecular flexibility index (Phi) is 3.84. The van der Waals surface area contributed by atoms with Crippen LogP contribution in [0.2, 0.25) is 5.02 Å². The van der Waals surface area contributed by atoms with E-state index in [-0.39, 0.29) is 16.9 Å². The van der Waals surface area contributed by atoms with Crippen molar-refractivity contribution >= 4 is 11.6 Å². The topological polar surface area (TPSA) is 47.8 Å². The summed E-state index contributed by atoms with van der Waals surface area (Å²) in [4.78, 5) is 16.5. The van der Waals surface area contributed by atoms with Crippen molar-refractivity contribution < 1.29 is 8.78 Å². The Morgan fingerprint density at radius 2 is 1.90 bits per heavy atom. The van der Waals surface area contributed by atoms with E-state index in [9.17, 15) is 13.6 Å². The maximum absolute atomic E-state index is 13.4. The minimum atomic E-state index is -3.12. The van der Waals surface area contributed by atoms with Crippen LogP contribution >= 0.6 is 11.6 Å². The summed E-state index contributed by atoms with van der Waals surface area (Å²) in [6.07, 6.45) is 1.00. The van der Waals surface area contributed by atoms with Gasteiger partial charge in [-0.3, -0.25) is 4.79 Å². The van der Waals surface area contributed by atoms with Crippen LogP contribution in [-0.4, -0.2) is 14.8 Å². The Labute approximate surface area is 125 Å². The molecular formula is C14H14ClF2N3O. The average molecular weight is 314 g/mol. The lowest BCUT2D eigenvalue weighted by Gasteiger charge is -2.15. The lowest BCUT2D eigenvalue weighted by atomic mass is 10.1. The van der Waals surface area contributed by atoms with Gasteiger partial charge in [0, 0.05) is 18.1 Å². The quantitative estimate of drug-likeness (QED) is 0.854. The molecule has 0 saturated carbocycles. The molecule has 2 heterocycles. The fourth-order valence-corrected chi connectivity index (χ4v) is 2.21. The molecule has 0 atom stereocenters. The minimum Gasteiger partial charge on any atom is -0.267 e. The van der Waals surface area contributed by atoms with E-state index in [1.165, 1.54) is 6.92 Å². The second-order valence-corrected chi connectivity index (χ2v) is 5.39. The van der Waals surface area contributed by atoms with Gasteiger partial charge in [0.15, 0.2) is 5.82 Å². The van der Waals surface area contributed by atoms with Gasteiger partial charge in [0.05, 0.1) is 16.9 Å². The smallest absolute Gasteiger partial charge is 0.267 e. The fraction of sp³-hybridized carbons (Fsp3) is 0.357. The predicted molar refractivity (Wildman–Crippen MR) is 76.4 cm³/mol. The third-order valence-corrected chi connectivity index (χ3v) is 3.59. The van der Waals surface area contributed by atoms with Gasteiger partial charge >= 0.3 is 0 Å². The van der Waals surface area contributed by atoms with Crippen molar-refractivity contribution in [2.75, 3.05) is 0 Å². The van der Waals surface area contributed by atoms with Gasteiger partial charge in [-0.15, -0.1) is 0 Å². The van der Waals surface area contributed by atoms with Crippen LogP contribution in [0.5, 0.6) is 0 Å². The van der Waals surface area contributed by atoms with Crippen LogP contribution in [0, 0.1) is 20.8 Å². The van der Waals surface area contributed by atoms with Gasteiger partial charge in [-0.05, 0) is 32.4 Å². The lowest BCUT2D eigenvalue weighted by molar-refractivity contribution is 0.0160. The summed E-state index contributed by atoms with van der Waals surface area (Å²) < 4.78 is 27.8. The van der Waals surface area contributed by atoms with Crippen molar-refractivity contribution in [2.45, 2.75) is 33.6 Å². The first kappa shape index (κ1) is 15.6. The van der Waals surface area contributed by atoms with E-state index in [2.05, 4.69) is 10.1 Å². The highest BCUT2D eigenvalue weighted by molar-refractivity contribution is 6.31. The third kappa shape index (κ3) is 2.81. The number of halogens is 3. The highest BCUT2D eigenvalue weighted by Crippen LogP contribution is 2.27. The molecule has 0 aromatic carbocycles. The SMILES string of the molecule is Cc1cc(Cl)c(C)nc1-n1ncc(C(C)(F)F)c(C)c1=O. The number of hydrogen-bond donors (Lipinski definition) is 0. The van der Waals surface area contributed by atoms with E-state index in [0.717, 1.165) is 17.8 Å². The van der Waals surface area contributed by atoms with Crippen molar-refractivity contribution in [3.8, 4) is 5.82 Å². The monoisotopic (exact) mass is 313 g/mol. The molecule has 0 N–H and O–H groups in total. The first-order valence-electron chi connectivity index (χ1n) is 6.24. The molecule has 112 valence electrons. The Morgan fingerprint density at radius 1 is 1.29 bits per heavy atom. The highest BCUT2D eigenvalue weighted by Gasteiger charge is 2.29. The Morgan fingerprint density at radius 3 is 2.48 bits per heavy atom. The molecule has 0 aliphatic heterocycles. The van der Waals surface area contributed by atoms with Gasteiger partial charge in [0.25, 0.3) is 11.5 Å². The lowest BCUT2D eigenvalue weighted by Crippen LogP contribution is -2.28. The van der Waals surface area contributed by atoms with Gasteiger partial charge in [-0.1, -0.05) is 11.6 Å². The van der Waals surface area contributed by atoms with E-state index < -0.39 is 11.5 Å². The zero-order chi connectivity index (χ0) is 15.9. The summed E-state index contributed by atoms with van der Waals surface area (Å²) in [6.45, 7) is 5.50. The molecule has 0 bridgehead atoms. The molecule has 4 nitrogen and oxygen atoms in total. The van der Waals surface area contributed by atoms with Crippen molar-refractivity contribution in [1.29, 1.82) is 0 Å². The molecule has 0 amide bonds. The molecule has 0 aliphatic carbocycles. The summed E-state index contributed by atoms with van der Waals surface area (Å²) >= 11 is 5.96. The van der Waals surface area contributed by atoms with Crippen LogP contribution in [0.15, 0.2) is 17.1 Å². The van der Waals surface area contributed by atoms with E-state index in [4.69, 9.17) is 11.6 Å². The molecule has 21 heavy (non-hydrogen) atoms. The number of nitrogens with zero attached hydrogens (tertiary/aromatic N) is 3. The van der Waals surface area contributed by atoms with Gasteiger partial charge in [0.2, 0.25) is 0 Å². The molecule has 2 rings (SSSR count). The Bertz CT molecular complexity index is 766. The molecule has 0 aliphatic rings. The number of aryl methyl sites for hydroxylation is 2. The van der Waals surface area contributed by atoms with Crippen LogP contribution in [-0.2, 0) is 5.92 Å². The van der Waals surface area contributed by atoms with Crippen molar-refractivity contribution in [3.63, 3.8) is 0 Å². The molecule has 0 saturated heterocycles. The average Bonchev–Trinajstić information content (AvgIpc) is 2.36. The summed E-state index contributed by atoms with van der Waals surface area (Å²) in [5.74, 6) is -2.83. The molecule has 7 heteroatoms. The van der Waals surface area contributed by atoms with Crippen molar-refractivity contribution in [2.24, 2.45) is 0 Å². The second kappa shape index (κ2) is 5.18. The van der Waals surface area contributed by atoms with Crippen molar-refractivity contribution in [3.05, 3.63) is 50.0 Å². The highest BCUT2D eigenvalue weighted by atomic mass is 35.5. The number of hydrogen-bond acceptors (Lipinski definition) is 3. The summed E-state index contributed by atoms with van der Waals surface area (Å²) in [5.41, 5.74) is 0.119. The van der Waals surface area contributed by atoms with Gasteiger partial charge < -0.3 is 0 Å². The normalized spacial score (nSPS) is 11.8. The standard InChI is InChI=1S/C14H14ClF2N3O/c1-7-5-11(15)9(3)19-12(7)20-13(21)8(2)10(6-18-20)14(4,16)17/h5-6H,1-4H3. The van der Waals surface area contributed by atoms with Gasteiger partial charge in [0.1, 0.15) is 0 Å². The predicted octanol–water partition coefficient (Wildman–Crippen LogP) is 3.32. The van der Waals surface area contributed by atoms with Crippen molar-refractivity contribution in [1.82, 2.24) is 14.8 Å². The third-order valence-electron chi connectivity index (χ3n) is 3.21. The molecule has 2 aromatic rings. The number of aromatic nitrogens is 3. The number of pyridine rings is 1. The first-order chi connectivity index (χ1) is 9.62. The maximum Gasteiger partial charge on any atom is 0.276 e. The summed E-state index contributed by atoms with van der Waals surface area (Å²) in [5, 5.41) is 4.30. The summed E-state index contributed by atoms with van der Waals surface area (Å²) in [7, 11) is 0. The Balaban J connectivity index is 2.71. The van der Waals surface area contributed by atoms with E-state index in [0.29, 0.717) is 16.3 Å². The molecule has 0 radical (unpaired) electrons. The molecule has 0 fully saturated rings. The Hall–Kier alpha value is -1.82. The maximum atomic E-state index is 13.4. The van der Waals surface area contributed by atoms with E-state index in [1.807, 2.05) is 0 Å².